The van der Waals surface area contributed by atoms with Gasteiger partial charge in [-0.05, 0) is 78.3 Å². The molecule has 1 amide bonds. The Balaban J connectivity index is 1.18. The summed E-state index contributed by atoms with van der Waals surface area (Å²) in [6.45, 7) is 0.0794. The van der Waals surface area contributed by atoms with Crippen LogP contribution in [0, 0.1) is 17.8 Å². The third-order valence-corrected chi connectivity index (χ3v) is 8.26. The molecule has 0 aromatic heterocycles. The second-order valence-corrected chi connectivity index (χ2v) is 9.66. The second kappa shape index (κ2) is 7.05. The van der Waals surface area contributed by atoms with E-state index >= 15 is 0 Å². The predicted octanol–water partition coefficient (Wildman–Crippen LogP) is 3.03. The number of rotatable bonds is 4. The molecule has 5 unspecified atom stereocenters. The van der Waals surface area contributed by atoms with Gasteiger partial charge in [-0.3, -0.25) is 10.2 Å². The summed E-state index contributed by atoms with van der Waals surface area (Å²) in [6.07, 6.45) is 4.36. The van der Waals surface area contributed by atoms with Crippen molar-refractivity contribution in [1.29, 1.82) is 0 Å². The second-order valence-electron chi connectivity index (χ2n) is 9.66. The minimum Gasteiger partial charge on any atom is -0.497 e. The van der Waals surface area contributed by atoms with E-state index in [1.165, 1.54) is 5.56 Å². The smallest absolute Gasteiger partial charge is 0.235 e. The fourth-order valence-electron chi connectivity index (χ4n) is 6.53. The first-order valence-corrected chi connectivity index (χ1v) is 11.3. The summed E-state index contributed by atoms with van der Waals surface area (Å²) >= 11 is 0. The van der Waals surface area contributed by atoms with E-state index in [1.807, 2.05) is 24.3 Å². The average molecular weight is 420 g/mol. The maximum Gasteiger partial charge on any atom is 0.235 e. The molecule has 1 spiro atoms. The van der Waals surface area contributed by atoms with Crippen molar-refractivity contribution < 1.29 is 14.6 Å². The quantitative estimate of drug-likeness (QED) is 0.612. The topological polar surface area (TPSA) is 82.6 Å². The van der Waals surface area contributed by atoms with Crippen LogP contribution >= 0.6 is 0 Å². The van der Waals surface area contributed by atoms with Crippen LogP contribution in [0.15, 0.2) is 42.5 Å². The van der Waals surface area contributed by atoms with Crippen molar-refractivity contribution in [2.45, 2.75) is 49.8 Å². The lowest BCUT2D eigenvalue weighted by molar-refractivity contribution is -0.118. The first-order valence-electron chi connectivity index (χ1n) is 11.3. The van der Waals surface area contributed by atoms with Gasteiger partial charge in [0.2, 0.25) is 5.91 Å². The van der Waals surface area contributed by atoms with Crippen LogP contribution in [0.4, 0.5) is 5.69 Å². The van der Waals surface area contributed by atoms with Gasteiger partial charge in [0.25, 0.3) is 0 Å². The third kappa shape index (κ3) is 2.85. The lowest BCUT2D eigenvalue weighted by atomic mass is 9.72. The summed E-state index contributed by atoms with van der Waals surface area (Å²) in [7, 11) is 1.68. The van der Waals surface area contributed by atoms with Crippen LogP contribution in [-0.4, -0.2) is 24.2 Å². The first-order chi connectivity index (χ1) is 15.1. The standard InChI is InChI=1S/C25H29N3O3/c1-31-17-7-9-21-19(11-17)25(24(30)26-21)12-20(25)16-6-8-18-22(10-16)27-28-23(18)15-4-2-14(13-29)3-5-15/h2-5,7,9,11,16,18,20,22-23,27-29H,6,8,10,12-13H2,1H3,(H,26,30)/t16?,18?,20?,22?,23?,25-/m0/s1. The molecule has 2 heterocycles. The number of benzene rings is 2. The Labute approximate surface area is 182 Å². The van der Waals surface area contributed by atoms with Crippen LogP contribution in [0.2, 0.25) is 0 Å². The first kappa shape index (κ1) is 19.3. The van der Waals surface area contributed by atoms with Crippen LogP contribution in [-0.2, 0) is 16.8 Å². The number of hydrazine groups is 1. The Kier molecular flexibility index (Phi) is 4.39. The van der Waals surface area contributed by atoms with Gasteiger partial charge in [0.1, 0.15) is 5.75 Å². The summed E-state index contributed by atoms with van der Waals surface area (Å²) in [5, 5.41) is 12.4. The van der Waals surface area contributed by atoms with Crippen molar-refractivity contribution in [3.8, 4) is 5.75 Å². The summed E-state index contributed by atoms with van der Waals surface area (Å²) < 4.78 is 5.43. The predicted molar refractivity (Wildman–Crippen MR) is 117 cm³/mol. The fraction of sp³-hybridized carbons (Fsp3) is 0.480. The van der Waals surface area contributed by atoms with E-state index in [9.17, 15) is 9.90 Å². The van der Waals surface area contributed by atoms with Gasteiger partial charge >= 0.3 is 0 Å². The van der Waals surface area contributed by atoms with Crippen LogP contribution in [0.25, 0.3) is 0 Å². The van der Waals surface area contributed by atoms with Gasteiger partial charge < -0.3 is 15.2 Å². The van der Waals surface area contributed by atoms with E-state index in [4.69, 9.17) is 4.74 Å². The van der Waals surface area contributed by atoms with E-state index < -0.39 is 0 Å². The van der Waals surface area contributed by atoms with Gasteiger partial charge in [-0.15, -0.1) is 0 Å². The van der Waals surface area contributed by atoms with E-state index in [2.05, 4.69) is 34.4 Å². The summed E-state index contributed by atoms with van der Waals surface area (Å²) in [5.74, 6) is 2.50. The van der Waals surface area contributed by atoms with Gasteiger partial charge in [-0.2, -0.15) is 0 Å². The van der Waals surface area contributed by atoms with Gasteiger partial charge in [0.15, 0.2) is 0 Å². The van der Waals surface area contributed by atoms with Crippen molar-refractivity contribution in [2.24, 2.45) is 17.8 Å². The Morgan fingerprint density at radius 1 is 1.13 bits per heavy atom. The molecule has 31 heavy (non-hydrogen) atoms. The highest BCUT2D eigenvalue weighted by Gasteiger charge is 2.67. The molecule has 4 N–H and O–H groups in total. The van der Waals surface area contributed by atoms with Gasteiger partial charge in [-0.1, -0.05) is 24.3 Å². The Hall–Kier alpha value is -2.41. The van der Waals surface area contributed by atoms with Crippen molar-refractivity contribution >= 4 is 11.6 Å². The summed E-state index contributed by atoms with van der Waals surface area (Å²) in [6, 6.07) is 14.9. The molecule has 2 aliphatic carbocycles. The molecule has 6 heteroatoms. The normalized spacial score (nSPS) is 35.5. The zero-order chi connectivity index (χ0) is 21.2. The molecule has 1 saturated heterocycles. The maximum atomic E-state index is 13.0. The lowest BCUT2D eigenvalue weighted by Gasteiger charge is -2.34. The SMILES string of the molecule is COc1ccc2c(c1)[C@]1(CC1C1CCC3C(C1)NNC3c1ccc(CO)cc1)C(=O)N2. The van der Waals surface area contributed by atoms with Crippen molar-refractivity contribution in [1.82, 2.24) is 10.9 Å². The average Bonchev–Trinajstić information content (AvgIpc) is 3.34. The molecule has 162 valence electrons. The number of hydrogen-bond acceptors (Lipinski definition) is 5. The highest BCUT2D eigenvalue weighted by atomic mass is 16.5. The van der Waals surface area contributed by atoms with Crippen molar-refractivity contribution in [3.05, 3.63) is 59.2 Å². The minimum atomic E-state index is -0.354. The number of methoxy groups -OCH3 is 1. The zero-order valence-corrected chi connectivity index (χ0v) is 17.7. The lowest BCUT2D eigenvalue weighted by Crippen LogP contribution is -2.37. The molecule has 6 nitrogen and oxygen atoms in total. The molecule has 0 radical (unpaired) electrons. The number of carbonyl (C=O) groups is 1. The number of aliphatic hydroxyl groups is 1. The molecule has 2 aromatic rings. The summed E-state index contributed by atoms with van der Waals surface area (Å²) in [5.41, 5.74) is 11.0. The van der Waals surface area contributed by atoms with Crippen molar-refractivity contribution in [2.75, 3.05) is 12.4 Å². The molecule has 2 aliphatic heterocycles. The van der Waals surface area contributed by atoms with Crippen LogP contribution in [0.3, 0.4) is 0 Å². The number of carbonyl (C=O) groups excluding carboxylic acids is 1. The van der Waals surface area contributed by atoms with Crippen molar-refractivity contribution in [3.63, 3.8) is 0 Å². The van der Waals surface area contributed by atoms with E-state index in [1.54, 1.807) is 7.11 Å². The number of nitrogens with one attached hydrogen (secondary N) is 3. The molecule has 4 aliphatic rings. The van der Waals surface area contributed by atoms with Gasteiger partial charge in [0.05, 0.1) is 25.2 Å². The molecular weight excluding hydrogens is 390 g/mol. The largest absolute Gasteiger partial charge is 0.497 e. The Bertz CT molecular complexity index is 1020. The molecule has 3 fully saturated rings. The van der Waals surface area contributed by atoms with Crippen LogP contribution in [0.1, 0.15) is 48.4 Å². The van der Waals surface area contributed by atoms with E-state index in [-0.39, 0.29) is 17.9 Å². The van der Waals surface area contributed by atoms with E-state index in [0.29, 0.717) is 29.8 Å². The number of ether oxygens (including phenoxy) is 1. The molecule has 6 atom stereocenters. The fourth-order valence-corrected chi connectivity index (χ4v) is 6.53. The Morgan fingerprint density at radius 2 is 1.97 bits per heavy atom. The van der Waals surface area contributed by atoms with E-state index in [0.717, 1.165) is 48.2 Å². The highest BCUT2D eigenvalue weighted by Crippen LogP contribution is 2.65. The molecule has 2 aromatic carbocycles. The highest BCUT2D eigenvalue weighted by molar-refractivity contribution is 6.09. The third-order valence-electron chi connectivity index (χ3n) is 8.26. The number of hydrogen-bond donors (Lipinski definition) is 4. The molecule has 0 bridgehead atoms. The molecule has 2 saturated carbocycles. The van der Waals surface area contributed by atoms with Crippen LogP contribution in [0.5, 0.6) is 5.75 Å². The monoisotopic (exact) mass is 419 g/mol. The maximum absolute atomic E-state index is 13.0. The number of anilines is 1. The molecular formula is C25H29N3O3. The van der Waals surface area contributed by atoms with Gasteiger partial charge in [-0.25, -0.2) is 5.43 Å². The van der Waals surface area contributed by atoms with Gasteiger partial charge in [0, 0.05) is 11.7 Å². The van der Waals surface area contributed by atoms with Crippen LogP contribution < -0.4 is 20.9 Å². The number of amides is 1. The molecule has 6 rings (SSSR count). The number of fused-ring (bicyclic) bond motifs is 3. The minimum absolute atomic E-state index is 0.0794. The summed E-state index contributed by atoms with van der Waals surface area (Å²) in [4.78, 5) is 13.0. The zero-order valence-electron chi connectivity index (χ0n) is 17.7. The number of aliphatic hydroxyl groups excluding tert-OH is 1. The Morgan fingerprint density at radius 3 is 2.74 bits per heavy atom.